The van der Waals surface area contributed by atoms with Gasteiger partial charge in [-0.25, -0.2) is 0 Å². The summed E-state index contributed by atoms with van der Waals surface area (Å²) in [5, 5.41) is 9.02. The molecule has 1 saturated carbocycles. The molecule has 0 aliphatic heterocycles. The van der Waals surface area contributed by atoms with Gasteiger partial charge < -0.3 is 9.84 Å². The van der Waals surface area contributed by atoms with Gasteiger partial charge in [-0.2, -0.15) is 0 Å². The normalized spacial score (nSPS) is 24.3. The Bertz CT molecular complexity index is 478. The van der Waals surface area contributed by atoms with Gasteiger partial charge in [-0.1, -0.05) is 44.2 Å². The molecule has 1 fully saturated rings. The van der Waals surface area contributed by atoms with Crippen molar-refractivity contribution in [2.75, 3.05) is 0 Å². The van der Waals surface area contributed by atoms with Crippen LogP contribution in [0.15, 0.2) is 30.3 Å². The van der Waals surface area contributed by atoms with Crippen molar-refractivity contribution in [3.63, 3.8) is 0 Å². The summed E-state index contributed by atoms with van der Waals surface area (Å²) in [7, 11) is 0. The van der Waals surface area contributed by atoms with Gasteiger partial charge in [0.1, 0.15) is 6.61 Å². The summed E-state index contributed by atoms with van der Waals surface area (Å²) in [5.41, 5.74) is 0.405. The minimum Gasteiger partial charge on any atom is -0.481 e. The van der Waals surface area contributed by atoms with Crippen molar-refractivity contribution in [1.29, 1.82) is 0 Å². The number of benzene rings is 1. The molecule has 0 heterocycles. The molecule has 19 heavy (non-hydrogen) atoms. The molecule has 1 aromatic carbocycles. The summed E-state index contributed by atoms with van der Waals surface area (Å²) in [4.78, 5) is 23.0. The second kappa shape index (κ2) is 5.03. The highest BCUT2D eigenvalue weighted by atomic mass is 16.5. The van der Waals surface area contributed by atoms with Crippen molar-refractivity contribution < 1.29 is 19.4 Å². The third kappa shape index (κ3) is 2.62. The standard InChI is InChI=1S/C15H18O4/c1-15(2)11(13(16)17)8-12(15)14(18)19-9-10-6-4-3-5-7-10/h3-7,11-12H,8-9H2,1-2H3,(H,16,17). The van der Waals surface area contributed by atoms with Crippen LogP contribution in [0.3, 0.4) is 0 Å². The van der Waals surface area contributed by atoms with E-state index in [0.717, 1.165) is 5.56 Å². The van der Waals surface area contributed by atoms with E-state index < -0.39 is 17.3 Å². The highest BCUT2D eigenvalue weighted by Gasteiger charge is 2.55. The van der Waals surface area contributed by atoms with Gasteiger partial charge in [0.2, 0.25) is 0 Å². The number of hydrogen-bond donors (Lipinski definition) is 1. The molecule has 1 aliphatic rings. The maximum absolute atomic E-state index is 12.0. The van der Waals surface area contributed by atoms with E-state index in [9.17, 15) is 9.59 Å². The number of esters is 1. The fraction of sp³-hybridized carbons (Fsp3) is 0.467. The van der Waals surface area contributed by atoms with Gasteiger partial charge in [-0.05, 0) is 17.4 Å². The number of aliphatic carboxylic acids is 1. The summed E-state index contributed by atoms with van der Waals surface area (Å²) in [5.74, 6) is -1.91. The lowest BCUT2D eigenvalue weighted by Crippen LogP contribution is -2.52. The van der Waals surface area contributed by atoms with Crippen LogP contribution >= 0.6 is 0 Å². The van der Waals surface area contributed by atoms with Crippen LogP contribution in [0.4, 0.5) is 0 Å². The fourth-order valence-electron chi connectivity index (χ4n) is 2.57. The van der Waals surface area contributed by atoms with Crippen molar-refractivity contribution in [2.24, 2.45) is 17.3 Å². The molecule has 0 aromatic heterocycles. The quantitative estimate of drug-likeness (QED) is 0.847. The Morgan fingerprint density at radius 2 is 1.89 bits per heavy atom. The van der Waals surface area contributed by atoms with Crippen LogP contribution in [0.1, 0.15) is 25.8 Å². The largest absolute Gasteiger partial charge is 0.481 e. The van der Waals surface area contributed by atoms with E-state index in [4.69, 9.17) is 9.84 Å². The summed E-state index contributed by atoms with van der Waals surface area (Å²) in [6.45, 7) is 3.86. The molecule has 4 heteroatoms. The van der Waals surface area contributed by atoms with Gasteiger partial charge in [0.05, 0.1) is 11.8 Å². The lowest BCUT2D eigenvalue weighted by atomic mass is 9.55. The molecule has 102 valence electrons. The number of hydrogen-bond acceptors (Lipinski definition) is 3. The number of carbonyl (C=O) groups is 2. The Labute approximate surface area is 112 Å². The molecule has 2 unspecified atom stereocenters. The van der Waals surface area contributed by atoms with Crippen LogP contribution in [-0.2, 0) is 20.9 Å². The molecule has 4 nitrogen and oxygen atoms in total. The maximum atomic E-state index is 12.0. The predicted octanol–water partition coefficient (Wildman–Crippen LogP) is 2.48. The molecule has 2 atom stereocenters. The average molecular weight is 262 g/mol. The van der Waals surface area contributed by atoms with Crippen LogP contribution in [0.25, 0.3) is 0 Å². The summed E-state index contributed by atoms with van der Waals surface area (Å²) >= 11 is 0. The Hall–Kier alpha value is -1.84. The Kier molecular flexibility index (Phi) is 3.60. The van der Waals surface area contributed by atoms with Crippen molar-refractivity contribution in [2.45, 2.75) is 26.9 Å². The molecule has 1 aliphatic carbocycles. The van der Waals surface area contributed by atoms with E-state index in [1.807, 2.05) is 44.2 Å². The number of carboxylic acid groups (broad SMARTS) is 1. The average Bonchev–Trinajstić information content (AvgIpc) is 2.36. The molecule has 0 spiro atoms. The molecule has 0 saturated heterocycles. The van der Waals surface area contributed by atoms with Crippen molar-refractivity contribution in [3.05, 3.63) is 35.9 Å². The fourth-order valence-corrected chi connectivity index (χ4v) is 2.57. The Balaban J connectivity index is 1.90. The Morgan fingerprint density at radius 1 is 1.26 bits per heavy atom. The molecule has 1 aromatic rings. The van der Waals surface area contributed by atoms with E-state index >= 15 is 0 Å². The third-order valence-electron chi connectivity index (χ3n) is 4.07. The van der Waals surface area contributed by atoms with Gasteiger partial charge in [0.15, 0.2) is 0 Å². The second-order valence-electron chi connectivity index (χ2n) is 5.59. The molecule has 0 bridgehead atoms. The molecule has 0 amide bonds. The summed E-state index contributed by atoms with van der Waals surface area (Å²) < 4.78 is 5.26. The monoisotopic (exact) mass is 262 g/mol. The highest BCUT2D eigenvalue weighted by Crippen LogP contribution is 2.51. The van der Waals surface area contributed by atoms with Crippen LogP contribution in [-0.4, -0.2) is 17.0 Å². The predicted molar refractivity (Wildman–Crippen MR) is 69.3 cm³/mol. The highest BCUT2D eigenvalue weighted by molar-refractivity contribution is 5.81. The zero-order valence-electron chi connectivity index (χ0n) is 11.1. The van der Waals surface area contributed by atoms with E-state index in [1.54, 1.807) is 0 Å². The van der Waals surface area contributed by atoms with E-state index in [-0.39, 0.29) is 18.5 Å². The zero-order chi connectivity index (χ0) is 14.0. The van der Waals surface area contributed by atoms with Gasteiger partial charge in [-0.3, -0.25) is 9.59 Å². The number of rotatable bonds is 4. The molecule has 2 rings (SSSR count). The van der Waals surface area contributed by atoms with Crippen molar-refractivity contribution in [1.82, 2.24) is 0 Å². The first-order chi connectivity index (χ1) is 8.93. The van der Waals surface area contributed by atoms with Crippen LogP contribution in [0.2, 0.25) is 0 Å². The van der Waals surface area contributed by atoms with Gasteiger partial charge in [0.25, 0.3) is 0 Å². The SMILES string of the molecule is CC1(C)C(C(=O)O)CC1C(=O)OCc1ccccc1. The van der Waals surface area contributed by atoms with E-state index in [2.05, 4.69) is 0 Å². The lowest BCUT2D eigenvalue weighted by Gasteiger charge is -2.48. The minimum absolute atomic E-state index is 0.240. The van der Waals surface area contributed by atoms with E-state index in [0.29, 0.717) is 6.42 Å². The van der Waals surface area contributed by atoms with Gasteiger partial charge in [0, 0.05) is 0 Å². The molecule has 1 N–H and O–H groups in total. The smallest absolute Gasteiger partial charge is 0.309 e. The minimum atomic E-state index is -0.836. The van der Waals surface area contributed by atoms with E-state index in [1.165, 1.54) is 0 Å². The van der Waals surface area contributed by atoms with Crippen molar-refractivity contribution >= 4 is 11.9 Å². The second-order valence-corrected chi connectivity index (χ2v) is 5.59. The zero-order valence-corrected chi connectivity index (χ0v) is 11.1. The van der Waals surface area contributed by atoms with Crippen LogP contribution in [0.5, 0.6) is 0 Å². The topological polar surface area (TPSA) is 63.6 Å². The molecular weight excluding hydrogens is 244 g/mol. The first-order valence-electron chi connectivity index (χ1n) is 6.36. The summed E-state index contributed by atoms with van der Waals surface area (Å²) in [6, 6.07) is 9.45. The summed E-state index contributed by atoms with van der Waals surface area (Å²) in [6.07, 6.45) is 0.371. The number of carboxylic acids is 1. The lowest BCUT2D eigenvalue weighted by molar-refractivity contribution is -0.176. The van der Waals surface area contributed by atoms with Crippen LogP contribution in [0, 0.1) is 17.3 Å². The maximum Gasteiger partial charge on any atom is 0.309 e. The van der Waals surface area contributed by atoms with Crippen molar-refractivity contribution in [3.8, 4) is 0 Å². The number of carbonyl (C=O) groups excluding carboxylic acids is 1. The molecular formula is C15H18O4. The first kappa shape index (κ1) is 13.6. The van der Waals surface area contributed by atoms with Crippen LogP contribution < -0.4 is 0 Å². The first-order valence-corrected chi connectivity index (χ1v) is 6.36. The number of ether oxygens (including phenoxy) is 1. The third-order valence-corrected chi connectivity index (χ3v) is 4.07. The van der Waals surface area contributed by atoms with Gasteiger partial charge >= 0.3 is 11.9 Å². The molecule has 0 radical (unpaired) electrons. The Morgan fingerprint density at radius 3 is 2.42 bits per heavy atom. The van der Waals surface area contributed by atoms with Gasteiger partial charge in [-0.15, -0.1) is 0 Å².